The third-order valence-electron chi connectivity index (χ3n) is 2.86. The molecule has 94 valence electrons. The van der Waals surface area contributed by atoms with E-state index >= 15 is 0 Å². The highest BCUT2D eigenvalue weighted by Crippen LogP contribution is 2.44. The van der Waals surface area contributed by atoms with Gasteiger partial charge in [0.2, 0.25) is 5.82 Å². The third kappa shape index (κ3) is 1.73. The van der Waals surface area contributed by atoms with Gasteiger partial charge >= 0.3 is 0 Å². The van der Waals surface area contributed by atoms with Crippen LogP contribution in [0.15, 0.2) is 0 Å². The quantitative estimate of drug-likeness (QED) is 0.765. The number of aromatic amines is 1. The van der Waals surface area contributed by atoms with Gasteiger partial charge in [-0.3, -0.25) is 0 Å². The number of hydrogen-bond donors (Lipinski definition) is 1. The summed E-state index contributed by atoms with van der Waals surface area (Å²) >= 11 is 0. The van der Waals surface area contributed by atoms with E-state index < -0.39 is 18.2 Å². The number of H-pyrrole nitrogens is 1. The normalized spacial score (nSPS) is 39.5. The molecule has 4 atom stereocenters. The predicted molar refractivity (Wildman–Crippen MR) is 52.6 cm³/mol. The molecule has 1 unspecified atom stereocenters. The summed E-state index contributed by atoms with van der Waals surface area (Å²) in [5, 5.41) is 13.7. The topological polar surface area (TPSA) is 91.4 Å². The van der Waals surface area contributed by atoms with E-state index in [-0.39, 0.29) is 12.2 Å². The van der Waals surface area contributed by atoms with Crippen LogP contribution >= 0.6 is 0 Å². The van der Waals surface area contributed by atoms with Crippen LogP contribution in [0.1, 0.15) is 25.8 Å². The van der Waals surface area contributed by atoms with Crippen LogP contribution in [0.25, 0.3) is 0 Å². The monoisotopic (exact) mass is 242 g/mol. The fourth-order valence-corrected chi connectivity index (χ4v) is 2.25. The average Bonchev–Trinajstić information content (AvgIpc) is 2.91. The number of fused-ring (bicyclic) bond motifs is 1. The molecule has 2 saturated heterocycles. The van der Waals surface area contributed by atoms with Gasteiger partial charge in [0.15, 0.2) is 18.2 Å². The van der Waals surface area contributed by atoms with Crippen molar-refractivity contribution in [3.05, 3.63) is 5.82 Å². The second kappa shape index (κ2) is 3.70. The number of tetrazole rings is 1. The van der Waals surface area contributed by atoms with Gasteiger partial charge in [-0.05, 0) is 13.8 Å². The predicted octanol–water partition coefficient (Wildman–Crippen LogP) is -0.236. The molecule has 8 heteroatoms. The molecule has 8 nitrogen and oxygen atoms in total. The number of nitrogens with zero attached hydrogens (tertiary/aromatic N) is 3. The van der Waals surface area contributed by atoms with Crippen molar-refractivity contribution in [3.63, 3.8) is 0 Å². The molecule has 17 heavy (non-hydrogen) atoms. The number of ether oxygens (including phenoxy) is 4. The lowest BCUT2D eigenvalue weighted by atomic mass is 10.1. The first kappa shape index (κ1) is 11.0. The summed E-state index contributed by atoms with van der Waals surface area (Å²) in [6, 6.07) is 0. The van der Waals surface area contributed by atoms with E-state index in [9.17, 15) is 0 Å². The standard InChI is InChI=1S/C9H14N4O4/c1-9(2)16-4-5(7-10-12-13-11-7)15-8(14-3)6(4)17-9/h4-6,8H,1-3H3,(H,10,11,12,13)/t4-,5+,6?,8-/m1/s1. The first-order chi connectivity index (χ1) is 8.11. The van der Waals surface area contributed by atoms with Crippen molar-refractivity contribution in [1.82, 2.24) is 20.6 Å². The summed E-state index contributed by atoms with van der Waals surface area (Å²) < 4.78 is 22.4. The van der Waals surface area contributed by atoms with Crippen LogP contribution in [0.4, 0.5) is 0 Å². The maximum atomic E-state index is 5.79. The Kier molecular flexibility index (Phi) is 2.40. The smallest absolute Gasteiger partial charge is 0.206 e. The molecule has 0 aliphatic carbocycles. The van der Waals surface area contributed by atoms with Gasteiger partial charge in [-0.2, -0.15) is 5.21 Å². The van der Waals surface area contributed by atoms with Crippen molar-refractivity contribution in [2.45, 2.75) is 44.2 Å². The van der Waals surface area contributed by atoms with Crippen LogP contribution < -0.4 is 0 Å². The molecule has 1 aromatic rings. The van der Waals surface area contributed by atoms with Crippen LogP contribution in [-0.2, 0) is 18.9 Å². The van der Waals surface area contributed by atoms with Crippen molar-refractivity contribution in [3.8, 4) is 0 Å². The lowest BCUT2D eigenvalue weighted by Gasteiger charge is -2.22. The van der Waals surface area contributed by atoms with Crippen LogP contribution in [-0.4, -0.2) is 52.0 Å². The Balaban J connectivity index is 1.88. The molecule has 0 saturated carbocycles. The molecule has 1 aromatic heterocycles. The maximum absolute atomic E-state index is 5.79. The Morgan fingerprint density at radius 2 is 2.06 bits per heavy atom. The van der Waals surface area contributed by atoms with Gasteiger partial charge in [0.25, 0.3) is 0 Å². The molecule has 2 aliphatic rings. The molecular weight excluding hydrogens is 228 g/mol. The van der Waals surface area contributed by atoms with Gasteiger partial charge in [0.05, 0.1) is 0 Å². The molecule has 0 radical (unpaired) electrons. The minimum absolute atomic E-state index is 0.279. The van der Waals surface area contributed by atoms with E-state index in [4.69, 9.17) is 18.9 Å². The highest BCUT2D eigenvalue weighted by atomic mass is 16.8. The van der Waals surface area contributed by atoms with Gasteiger partial charge in [-0.1, -0.05) is 5.21 Å². The fourth-order valence-electron chi connectivity index (χ4n) is 2.25. The summed E-state index contributed by atoms with van der Waals surface area (Å²) in [5.74, 6) is -0.210. The van der Waals surface area contributed by atoms with Crippen molar-refractivity contribution in [2.24, 2.45) is 0 Å². The molecule has 1 N–H and O–H groups in total. The van der Waals surface area contributed by atoms with Crippen molar-refractivity contribution >= 4 is 0 Å². The molecule has 2 aliphatic heterocycles. The van der Waals surface area contributed by atoms with Crippen LogP contribution in [0, 0.1) is 0 Å². The van der Waals surface area contributed by atoms with Crippen LogP contribution in [0.2, 0.25) is 0 Å². The first-order valence-electron chi connectivity index (χ1n) is 5.38. The van der Waals surface area contributed by atoms with Crippen molar-refractivity contribution in [2.75, 3.05) is 7.11 Å². The Bertz CT molecular complexity index is 396. The molecular formula is C9H14N4O4. The highest BCUT2D eigenvalue weighted by molar-refractivity contribution is 5.02. The molecule has 0 aromatic carbocycles. The Labute approximate surface area is 97.6 Å². The van der Waals surface area contributed by atoms with Gasteiger partial charge in [-0.15, -0.1) is 10.2 Å². The Hall–Kier alpha value is -1.09. The second-order valence-electron chi connectivity index (χ2n) is 4.50. The molecule has 3 heterocycles. The summed E-state index contributed by atoms with van der Waals surface area (Å²) in [6.45, 7) is 3.71. The molecule has 0 bridgehead atoms. The zero-order valence-electron chi connectivity index (χ0n) is 9.78. The average molecular weight is 242 g/mol. The van der Waals surface area contributed by atoms with Crippen molar-refractivity contribution in [1.29, 1.82) is 0 Å². The largest absolute Gasteiger partial charge is 0.353 e. The lowest BCUT2D eigenvalue weighted by molar-refractivity contribution is -0.229. The van der Waals surface area contributed by atoms with Gasteiger partial charge in [0.1, 0.15) is 12.2 Å². The minimum Gasteiger partial charge on any atom is -0.353 e. The van der Waals surface area contributed by atoms with Crippen LogP contribution in [0.3, 0.4) is 0 Å². The lowest BCUT2D eigenvalue weighted by Crippen LogP contribution is -2.30. The van der Waals surface area contributed by atoms with E-state index in [1.165, 1.54) is 0 Å². The van der Waals surface area contributed by atoms with E-state index in [0.717, 1.165) is 0 Å². The van der Waals surface area contributed by atoms with Gasteiger partial charge < -0.3 is 18.9 Å². The summed E-state index contributed by atoms with van der Waals surface area (Å²) in [4.78, 5) is 0. The molecule has 2 fully saturated rings. The zero-order valence-corrected chi connectivity index (χ0v) is 9.78. The summed E-state index contributed by atoms with van der Waals surface area (Å²) in [7, 11) is 1.56. The fraction of sp³-hybridized carbons (Fsp3) is 0.889. The summed E-state index contributed by atoms with van der Waals surface area (Å²) in [6.07, 6.45) is -1.47. The third-order valence-corrected chi connectivity index (χ3v) is 2.86. The zero-order chi connectivity index (χ0) is 12.0. The minimum atomic E-state index is -0.655. The summed E-state index contributed by atoms with van der Waals surface area (Å²) in [5.41, 5.74) is 0. The van der Waals surface area contributed by atoms with E-state index in [1.807, 2.05) is 13.8 Å². The van der Waals surface area contributed by atoms with E-state index in [0.29, 0.717) is 5.82 Å². The highest BCUT2D eigenvalue weighted by Gasteiger charge is 2.57. The van der Waals surface area contributed by atoms with E-state index in [2.05, 4.69) is 20.6 Å². The second-order valence-corrected chi connectivity index (χ2v) is 4.50. The molecule has 0 amide bonds. The first-order valence-corrected chi connectivity index (χ1v) is 5.38. The molecule has 0 spiro atoms. The Morgan fingerprint density at radius 3 is 2.71 bits per heavy atom. The number of methoxy groups -OCH3 is 1. The molecule has 3 rings (SSSR count). The van der Waals surface area contributed by atoms with Crippen molar-refractivity contribution < 1.29 is 18.9 Å². The number of hydrogen-bond acceptors (Lipinski definition) is 7. The Morgan fingerprint density at radius 1 is 1.29 bits per heavy atom. The SMILES string of the molecule is CO[C@@H]1O[C@H](c2nn[nH]n2)[C@H]2OC(C)(C)OC12. The maximum Gasteiger partial charge on any atom is 0.206 e. The number of nitrogens with one attached hydrogen (secondary N) is 1. The number of rotatable bonds is 2. The van der Waals surface area contributed by atoms with E-state index in [1.54, 1.807) is 7.11 Å². The van der Waals surface area contributed by atoms with Crippen LogP contribution in [0.5, 0.6) is 0 Å². The van der Waals surface area contributed by atoms with Gasteiger partial charge in [-0.25, -0.2) is 0 Å². The van der Waals surface area contributed by atoms with Gasteiger partial charge in [0, 0.05) is 7.11 Å². The number of aromatic nitrogens is 4.